The van der Waals surface area contributed by atoms with E-state index in [1.54, 1.807) is 0 Å². The van der Waals surface area contributed by atoms with Crippen molar-refractivity contribution in [3.05, 3.63) is 48.0 Å². The van der Waals surface area contributed by atoms with Crippen molar-refractivity contribution in [1.29, 1.82) is 0 Å². The second kappa shape index (κ2) is 4.13. The van der Waals surface area contributed by atoms with Crippen LogP contribution in [0.15, 0.2) is 42.5 Å². The minimum absolute atomic E-state index is 0.138. The Morgan fingerprint density at radius 3 is 2.41 bits per heavy atom. The lowest BCUT2D eigenvalue weighted by Gasteiger charge is -2.37. The molecule has 4 N–H and O–H groups in total. The van der Waals surface area contributed by atoms with Crippen LogP contribution < -0.4 is 11.5 Å². The Kier molecular flexibility index (Phi) is 2.61. The van der Waals surface area contributed by atoms with Gasteiger partial charge in [-0.25, -0.2) is 0 Å². The molecule has 0 spiro atoms. The average Bonchev–Trinajstić information content (AvgIpc) is 2.33. The summed E-state index contributed by atoms with van der Waals surface area (Å²) in [5, 5.41) is 2.54. The van der Waals surface area contributed by atoms with Gasteiger partial charge in [0.1, 0.15) is 0 Å². The summed E-state index contributed by atoms with van der Waals surface area (Å²) in [6.45, 7) is 0. The van der Waals surface area contributed by atoms with Crippen LogP contribution in [0.3, 0.4) is 0 Å². The monoisotopic (exact) mass is 226 g/mol. The first-order valence-electron chi connectivity index (χ1n) is 6.24. The number of hydrogen-bond donors (Lipinski definition) is 2. The molecule has 1 saturated carbocycles. The molecule has 2 heteroatoms. The van der Waals surface area contributed by atoms with Crippen molar-refractivity contribution < 1.29 is 0 Å². The van der Waals surface area contributed by atoms with E-state index in [2.05, 4.69) is 42.5 Å². The maximum absolute atomic E-state index is 6.30. The fraction of sp³-hybridized carbons (Fsp3) is 0.333. The number of nitrogens with two attached hydrogens (primary N) is 2. The highest BCUT2D eigenvalue weighted by atomic mass is 14.7. The second-order valence-electron chi connectivity index (χ2n) is 5.12. The fourth-order valence-electron chi connectivity index (χ4n) is 2.69. The highest BCUT2D eigenvalue weighted by Crippen LogP contribution is 2.36. The topological polar surface area (TPSA) is 52.0 Å². The lowest BCUT2D eigenvalue weighted by atomic mass is 9.74. The molecule has 88 valence electrons. The number of hydrogen-bond acceptors (Lipinski definition) is 2. The van der Waals surface area contributed by atoms with E-state index in [0.29, 0.717) is 12.0 Å². The van der Waals surface area contributed by atoms with Crippen LogP contribution in [0.4, 0.5) is 0 Å². The van der Waals surface area contributed by atoms with E-state index in [0.717, 1.165) is 12.8 Å². The molecule has 1 fully saturated rings. The third-order valence-electron chi connectivity index (χ3n) is 3.88. The van der Waals surface area contributed by atoms with E-state index in [4.69, 9.17) is 11.5 Å². The molecule has 17 heavy (non-hydrogen) atoms. The van der Waals surface area contributed by atoms with Crippen LogP contribution in [0.5, 0.6) is 0 Å². The summed E-state index contributed by atoms with van der Waals surface area (Å²) in [4.78, 5) is 0. The minimum atomic E-state index is 0.138. The molecule has 0 radical (unpaired) electrons. The lowest BCUT2D eigenvalue weighted by Crippen LogP contribution is -2.41. The summed E-state index contributed by atoms with van der Waals surface area (Å²) >= 11 is 0. The maximum atomic E-state index is 6.30. The van der Waals surface area contributed by atoms with E-state index in [1.165, 1.54) is 16.3 Å². The third-order valence-corrected chi connectivity index (χ3v) is 3.88. The molecular formula is C15H18N2. The molecular weight excluding hydrogens is 208 g/mol. The molecule has 0 heterocycles. The molecule has 0 amide bonds. The molecule has 2 aromatic rings. The van der Waals surface area contributed by atoms with E-state index in [1.807, 2.05) is 0 Å². The van der Waals surface area contributed by atoms with Gasteiger partial charge in [0.2, 0.25) is 0 Å². The molecule has 0 bridgehead atoms. The van der Waals surface area contributed by atoms with E-state index in [9.17, 15) is 0 Å². The highest BCUT2D eigenvalue weighted by molar-refractivity contribution is 5.83. The first-order chi connectivity index (χ1) is 8.24. The van der Waals surface area contributed by atoms with Crippen molar-refractivity contribution in [2.75, 3.05) is 0 Å². The van der Waals surface area contributed by atoms with E-state index < -0.39 is 0 Å². The lowest BCUT2D eigenvalue weighted by molar-refractivity contribution is 0.224. The van der Waals surface area contributed by atoms with Gasteiger partial charge in [-0.3, -0.25) is 0 Å². The molecule has 1 unspecified atom stereocenters. The Morgan fingerprint density at radius 1 is 1.00 bits per heavy atom. The Labute approximate surface area is 102 Å². The smallest absolute Gasteiger partial charge is 0.0324 e. The Hall–Kier alpha value is -1.38. The van der Waals surface area contributed by atoms with Gasteiger partial charge in [-0.2, -0.15) is 0 Å². The molecule has 0 aromatic heterocycles. The van der Waals surface area contributed by atoms with Gasteiger partial charge in [-0.15, -0.1) is 0 Å². The summed E-state index contributed by atoms with van der Waals surface area (Å²) < 4.78 is 0. The normalized spacial score (nSPS) is 25.5. The van der Waals surface area contributed by atoms with Gasteiger partial charge in [0.05, 0.1) is 0 Å². The van der Waals surface area contributed by atoms with Crippen LogP contribution in [-0.2, 0) is 0 Å². The van der Waals surface area contributed by atoms with Crippen LogP contribution >= 0.6 is 0 Å². The van der Waals surface area contributed by atoms with Gasteiger partial charge in [0.15, 0.2) is 0 Å². The SMILES string of the molecule is NC1CC(C(N)c2ccc3ccccc3c2)C1. The Morgan fingerprint density at radius 2 is 1.71 bits per heavy atom. The van der Waals surface area contributed by atoms with E-state index in [-0.39, 0.29) is 6.04 Å². The van der Waals surface area contributed by atoms with Gasteiger partial charge in [0, 0.05) is 12.1 Å². The van der Waals surface area contributed by atoms with Gasteiger partial charge < -0.3 is 11.5 Å². The second-order valence-corrected chi connectivity index (χ2v) is 5.12. The minimum Gasteiger partial charge on any atom is -0.328 e. The van der Waals surface area contributed by atoms with Crippen LogP contribution in [0.1, 0.15) is 24.4 Å². The van der Waals surface area contributed by atoms with E-state index >= 15 is 0 Å². The van der Waals surface area contributed by atoms with Gasteiger partial charge in [0.25, 0.3) is 0 Å². The molecule has 1 aliphatic rings. The van der Waals surface area contributed by atoms with Crippen molar-refractivity contribution in [2.24, 2.45) is 17.4 Å². The summed E-state index contributed by atoms with van der Waals surface area (Å²) in [7, 11) is 0. The molecule has 3 rings (SSSR count). The van der Waals surface area contributed by atoms with Crippen LogP contribution in [0.2, 0.25) is 0 Å². The standard InChI is InChI=1S/C15H18N2/c16-14-8-13(9-14)15(17)12-6-5-10-3-1-2-4-11(10)7-12/h1-7,13-15H,8-9,16-17H2. The van der Waals surface area contributed by atoms with Gasteiger partial charge >= 0.3 is 0 Å². The van der Waals surface area contributed by atoms with Crippen molar-refractivity contribution in [3.63, 3.8) is 0 Å². The largest absolute Gasteiger partial charge is 0.328 e. The van der Waals surface area contributed by atoms with Crippen LogP contribution in [-0.4, -0.2) is 6.04 Å². The summed E-state index contributed by atoms with van der Waals surface area (Å²) in [6, 6.07) is 15.4. The van der Waals surface area contributed by atoms with Crippen molar-refractivity contribution in [2.45, 2.75) is 24.9 Å². The Bertz CT molecular complexity index is 529. The van der Waals surface area contributed by atoms with Crippen LogP contribution in [0.25, 0.3) is 10.8 Å². The van der Waals surface area contributed by atoms with Crippen LogP contribution in [0, 0.1) is 5.92 Å². The van der Waals surface area contributed by atoms with Crippen molar-refractivity contribution in [1.82, 2.24) is 0 Å². The molecule has 0 saturated heterocycles. The first kappa shape index (κ1) is 10.8. The quantitative estimate of drug-likeness (QED) is 0.827. The highest BCUT2D eigenvalue weighted by Gasteiger charge is 2.31. The molecule has 2 nitrogen and oxygen atoms in total. The van der Waals surface area contributed by atoms with Crippen molar-refractivity contribution >= 4 is 10.8 Å². The molecule has 1 atom stereocenters. The number of fused-ring (bicyclic) bond motifs is 1. The molecule has 0 aliphatic heterocycles. The zero-order valence-corrected chi connectivity index (χ0v) is 9.84. The average molecular weight is 226 g/mol. The molecule has 1 aliphatic carbocycles. The summed E-state index contributed by atoms with van der Waals surface area (Å²) in [5.74, 6) is 0.561. The van der Waals surface area contributed by atoms with Crippen molar-refractivity contribution in [3.8, 4) is 0 Å². The first-order valence-corrected chi connectivity index (χ1v) is 6.24. The van der Waals surface area contributed by atoms with Gasteiger partial charge in [-0.1, -0.05) is 36.4 Å². The summed E-state index contributed by atoms with van der Waals surface area (Å²) in [6.07, 6.45) is 2.13. The fourth-order valence-corrected chi connectivity index (χ4v) is 2.69. The predicted octanol–water partition coefficient (Wildman–Crippen LogP) is 2.58. The number of benzene rings is 2. The van der Waals surface area contributed by atoms with Gasteiger partial charge in [-0.05, 0) is 41.2 Å². The maximum Gasteiger partial charge on any atom is 0.0324 e. The number of rotatable bonds is 2. The zero-order chi connectivity index (χ0) is 11.8. The molecule has 2 aromatic carbocycles. The summed E-state index contributed by atoms with van der Waals surface area (Å²) in [5.41, 5.74) is 13.4. The zero-order valence-electron chi connectivity index (χ0n) is 9.84. The predicted molar refractivity (Wildman–Crippen MR) is 71.6 cm³/mol. The Balaban J connectivity index is 1.90. The third kappa shape index (κ3) is 1.94.